The Morgan fingerprint density at radius 3 is 2.52 bits per heavy atom. The molecule has 116 valence electrons. The van der Waals surface area contributed by atoms with Crippen LogP contribution in [-0.4, -0.2) is 36.9 Å². The highest BCUT2D eigenvalue weighted by atomic mass is 19.1. The average molecular weight is 302 g/mol. The number of esters is 1. The van der Waals surface area contributed by atoms with E-state index in [9.17, 15) is 18.4 Å². The largest absolute Gasteiger partial charge is 0.465 e. The smallest absolute Gasteiger partial charge is 0.340 e. The van der Waals surface area contributed by atoms with Gasteiger partial charge in [-0.15, -0.1) is 0 Å². The summed E-state index contributed by atoms with van der Waals surface area (Å²) in [7, 11) is 1.05. The summed E-state index contributed by atoms with van der Waals surface area (Å²) in [6.07, 6.45) is 0.475. The highest BCUT2D eigenvalue weighted by Crippen LogP contribution is 2.20. The fourth-order valence-electron chi connectivity index (χ4n) is 1.53. The van der Waals surface area contributed by atoms with Gasteiger partial charge in [-0.2, -0.15) is 0 Å². The number of ether oxygens (including phenoxy) is 1. The number of benzene rings is 1. The number of aliphatic hydroxyl groups is 1. The van der Waals surface area contributed by atoms with Crippen molar-refractivity contribution in [2.45, 2.75) is 19.4 Å². The van der Waals surface area contributed by atoms with Crippen LogP contribution in [0.1, 0.15) is 23.7 Å². The second kappa shape index (κ2) is 7.53. The third-order valence-electron chi connectivity index (χ3n) is 2.76. The highest BCUT2D eigenvalue weighted by Gasteiger charge is 2.18. The maximum Gasteiger partial charge on any atom is 0.340 e. The van der Waals surface area contributed by atoms with Crippen LogP contribution in [0.2, 0.25) is 0 Å². The first-order valence-corrected chi connectivity index (χ1v) is 6.18. The SMILES string of the molecule is CCC(CO)NC(=O)Nc1cc(C(=O)OC)c(F)cc1F. The molecule has 0 saturated heterocycles. The number of aliphatic hydroxyl groups excluding tert-OH is 1. The van der Waals surface area contributed by atoms with Crippen LogP contribution < -0.4 is 10.6 Å². The Morgan fingerprint density at radius 2 is 2.00 bits per heavy atom. The van der Waals surface area contributed by atoms with Crippen LogP contribution in [0.5, 0.6) is 0 Å². The van der Waals surface area contributed by atoms with Gasteiger partial charge in [-0.25, -0.2) is 18.4 Å². The van der Waals surface area contributed by atoms with Crippen LogP contribution in [0.3, 0.4) is 0 Å². The number of nitrogens with one attached hydrogen (secondary N) is 2. The molecule has 1 unspecified atom stereocenters. The minimum absolute atomic E-state index is 0.275. The number of carbonyl (C=O) groups is 2. The van der Waals surface area contributed by atoms with E-state index in [1.165, 1.54) is 0 Å². The molecular formula is C13H16F2N2O4. The zero-order valence-electron chi connectivity index (χ0n) is 11.6. The summed E-state index contributed by atoms with van der Waals surface area (Å²) < 4.78 is 31.4. The molecule has 2 amide bonds. The summed E-state index contributed by atoms with van der Waals surface area (Å²) in [5.74, 6) is -3.11. The van der Waals surface area contributed by atoms with Gasteiger partial charge in [0, 0.05) is 6.07 Å². The molecule has 1 atom stereocenters. The number of urea groups is 1. The summed E-state index contributed by atoms with van der Waals surface area (Å²) in [5.41, 5.74) is -0.870. The van der Waals surface area contributed by atoms with Gasteiger partial charge in [-0.3, -0.25) is 0 Å². The van der Waals surface area contributed by atoms with Crippen molar-refractivity contribution < 1.29 is 28.2 Å². The van der Waals surface area contributed by atoms with E-state index in [-0.39, 0.29) is 12.3 Å². The van der Waals surface area contributed by atoms with Gasteiger partial charge in [-0.05, 0) is 12.5 Å². The van der Waals surface area contributed by atoms with Gasteiger partial charge in [0.1, 0.15) is 11.6 Å². The van der Waals surface area contributed by atoms with Crippen molar-refractivity contribution in [1.29, 1.82) is 0 Å². The van der Waals surface area contributed by atoms with Crippen LogP contribution in [-0.2, 0) is 4.74 Å². The molecule has 21 heavy (non-hydrogen) atoms. The van der Waals surface area contributed by atoms with Crippen molar-refractivity contribution >= 4 is 17.7 Å². The maximum absolute atomic E-state index is 13.6. The Morgan fingerprint density at radius 1 is 1.33 bits per heavy atom. The number of amides is 2. The molecule has 0 aliphatic rings. The molecule has 0 bridgehead atoms. The molecule has 0 saturated carbocycles. The van der Waals surface area contributed by atoms with Crippen molar-refractivity contribution in [3.63, 3.8) is 0 Å². The lowest BCUT2D eigenvalue weighted by atomic mass is 10.2. The first-order chi connectivity index (χ1) is 9.92. The number of rotatable bonds is 5. The predicted octanol–water partition coefficient (Wildman–Crippen LogP) is 1.64. The average Bonchev–Trinajstić information content (AvgIpc) is 2.46. The summed E-state index contributed by atoms with van der Waals surface area (Å²) in [6.45, 7) is 1.47. The maximum atomic E-state index is 13.6. The summed E-state index contributed by atoms with van der Waals surface area (Å²) in [5, 5.41) is 13.5. The molecule has 1 aromatic rings. The summed E-state index contributed by atoms with van der Waals surface area (Å²) >= 11 is 0. The Balaban J connectivity index is 2.93. The quantitative estimate of drug-likeness (QED) is 0.722. The fraction of sp³-hybridized carbons (Fsp3) is 0.385. The van der Waals surface area contributed by atoms with Crippen LogP contribution >= 0.6 is 0 Å². The van der Waals surface area contributed by atoms with Crippen molar-refractivity contribution in [1.82, 2.24) is 5.32 Å². The molecule has 0 fully saturated rings. The molecule has 0 aromatic heterocycles. The second-order valence-electron chi connectivity index (χ2n) is 4.19. The number of anilines is 1. The Bertz CT molecular complexity index is 533. The molecule has 0 radical (unpaired) electrons. The van der Waals surface area contributed by atoms with Crippen molar-refractivity contribution in [2.75, 3.05) is 19.0 Å². The van der Waals surface area contributed by atoms with Gasteiger partial charge in [0.15, 0.2) is 0 Å². The van der Waals surface area contributed by atoms with Crippen LogP contribution in [0.4, 0.5) is 19.3 Å². The van der Waals surface area contributed by atoms with Crippen LogP contribution in [0.25, 0.3) is 0 Å². The summed E-state index contributed by atoms with van der Waals surface area (Å²) in [4.78, 5) is 22.9. The molecular weight excluding hydrogens is 286 g/mol. The van der Waals surface area contributed by atoms with E-state index in [2.05, 4.69) is 15.4 Å². The Hall–Kier alpha value is -2.22. The molecule has 3 N–H and O–H groups in total. The van der Waals surface area contributed by atoms with E-state index >= 15 is 0 Å². The van der Waals surface area contributed by atoms with Crippen molar-refractivity contribution in [3.05, 3.63) is 29.3 Å². The van der Waals surface area contributed by atoms with Gasteiger partial charge in [0.05, 0.1) is 31.0 Å². The van der Waals surface area contributed by atoms with E-state index in [0.717, 1.165) is 13.2 Å². The lowest BCUT2D eigenvalue weighted by Crippen LogP contribution is -2.39. The van der Waals surface area contributed by atoms with E-state index in [1.54, 1.807) is 6.92 Å². The molecule has 1 rings (SSSR count). The summed E-state index contributed by atoms with van der Waals surface area (Å²) in [6, 6.07) is 0.0482. The normalized spacial score (nSPS) is 11.7. The van der Waals surface area contributed by atoms with Crippen LogP contribution in [0.15, 0.2) is 12.1 Å². The minimum Gasteiger partial charge on any atom is -0.465 e. The highest BCUT2D eigenvalue weighted by molar-refractivity contribution is 5.94. The van der Waals surface area contributed by atoms with Gasteiger partial charge < -0.3 is 20.5 Å². The lowest BCUT2D eigenvalue weighted by Gasteiger charge is -2.15. The molecule has 0 heterocycles. The first kappa shape index (κ1) is 16.8. The third kappa shape index (κ3) is 4.38. The predicted molar refractivity (Wildman–Crippen MR) is 71.0 cm³/mol. The van der Waals surface area contributed by atoms with Gasteiger partial charge in [0.25, 0.3) is 0 Å². The number of hydrogen-bond acceptors (Lipinski definition) is 4. The van der Waals surface area contributed by atoms with Crippen molar-refractivity contribution in [2.24, 2.45) is 0 Å². The Labute approximate surface area is 120 Å². The molecule has 8 heteroatoms. The van der Waals surface area contributed by atoms with Gasteiger partial charge in [0.2, 0.25) is 0 Å². The third-order valence-corrected chi connectivity index (χ3v) is 2.76. The van der Waals surface area contributed by atoms with Gasteiger partial charge >= 0.3 is 12.0 Å². The topological polar surface area (TPSA) is 87.7 Å². The fourth-order valence-corrected chi connectivity index (χ4v) is 1.53. The molecule has 1 aromatic carbocycles. The number of carbonyl (C=O) groups excluding carboxylic acids is 2. The van der Waals surface area contributed by atoms with Crippen LogP contribution in [0, 0.1) is 11.6 Å². The molecule has 6 nitrogen and oxygen atoms in total. The first-order valence-electron chi connectivity index (χ1n) is 6.18. The Kier molecular flexibility index (Phi) is 6.04. The van der Waals surface area contributed by atoms with E-state index < -0.39 is 35.2 Å². The van der Waals surface area contributed by atoms with Crippen molar-refractivity contribution in [3.8, 4) is 0 Å². The van der Waals surface area contributed by atoms with E-state index in [4.69, 9.17) is 5.11 Å². The van der Waals surface area contributed by atoms with E-state index in [0.29, 0.717) is 12.5 Å². The zero-order valence-corrected chi connectivity index (χ0v) is 11.6. The lowest BCUT2D eigenvalue weighted by molar-refractivity contribution is 0.0595. The molecule has 0 aliphatic heterocycles. The van der Waals surface area contributed by atoms with Gasteiger partial charge in [-0.1, -0.05) is 6.92 Å². The minimum atomic E-state index is -1.09. The second-order valence-corrected chi connectivity index (χ2v) is 4.19. The molecule has 0 aliphatic carbocycles. The standard InChI is InChI=1S/C13H16F2N2O4/c1-3-7(6-18)16-13(20)17-11-4-8(12(19)21-2)9(14)5-10(11)15/h4-5,7,18H,3,6H2,1-2H3,(H2,16,17,20). The number of hydrogen-bond donors (Lipinski definition) is 3. The van der Waals surface area contributed by atoms with E-state index in [1.807, 2.05) is 0 Å². The monoisotopic (exact) mass is 302 g/mol. The number of methoxy groups -OCH3 is 1. The molecule has 0 spiro atoms. The number of halogens is 2. The zero-order chi connectivity index (χ0) is 16.0.